The molecule has 118 valence electrons. The zero-order valence-electron chi connectivity index (χ0n) is 12.8. The van der Waals surface area contributed by atoms with Gasteiger partial charge in [0.05, 0.1) is 29.9 Å². The van der Waals surface area contributed by atoms with Crippen molar-refractivity contribution in [2.75, 3.05) is 5.32 Å². The predicted octanol–water partition coefficient (Wildman–Crippen LogP) is 4.05. The molecule has 0 radical (unpaired) electrons. The molecule has 3 aromatic rings. The summed E-state index contributed by atoms with van der Waals surface area (Å²) in [4.78, 5) is 12.1. The lowest BCUT2D eigenvalue weighted by Crippen LogP contribution is -2.12. The van der Waals surface area contributed by atoms with Crippen LogP contribution in [0.4, 0.5) is 5.69 Å². The summed E-state index contributed by atoms with van der Waals surface area (Å²) >= 11 is 6.02. The Morgan fingerprint density at radius 1 is 1.30 bits per heavy atom. The highest BCUT2D eigenvalue weighted by Gasteiger charge is 2.16. The summed E-state index contributed by atoms with van der Waals surface area (Å²) in [6.45, 7) is 4.37. The van der Waals surface area contributed by atoms with Gasteiger partial charge in [0.15, 0.2) is 5.76 Å². The van der Waals surface area contributed by atoms with Gasteiger partial charge >= 0.3 is 0 Å². The van der Waals surface area contributed by atoms with Gasteiger partial charge in [0.25, 0.3) is 5.91 Å². The average Bonchev–Trinajstić information content (AvgIpc) is 3.12. The number of benzene rings is 1. The van der Waals surface area contributed by atoms with E-state index in [0.717, 1.165) is 17.0 Å². The van der Waals surface area contributed by atoms with Gasteiger partial charge in [-0.15, -0.1) is 0 Å². The van der Waals surface area contributed by atoms with Crippen LogP contribution in [0.2, 0.25) is 5.02 Å². The summed E-state index contributed by atoms with van der Waals surface area (Å²) in [7, 11) is 0. The molecule has 0 spiro atoms. The van der Waals surface area contributed by atoms with E-state index in [9.17, 15) is 4.79 Å². The van der Waals surface area contributed by atoms with Crippen LogP contribution in [0.5, 0.6) is 0 Å². The minimum Gasteiger partial charge on any atom is -0.459 e. The minimum atomic E-state index is -0.288. The van der Waals surface area contributed by atoms with Crippen molar-refractivity contribution >= 4 is 23.2 Å². The van der Waals surface area contributed by atoms with Crippen LogP contribution in [0, 0.1) is 13.8 Å². The number of amides is 1. The van der Waals surface area contributed by atoms with Gasteiger partial charge in [0.2, 0.25) is 0 Å². The third kappa shape index (κ3) is 3.29. The smallest absolute Gasteiger partial charge is 0.291 e. The molecule has 1 N–H and O–H groups in total. The number of hydrogen-bond donors (Lipinski definition) is 1. The SMILES string of the molecule is Cc1nn(Cc2cccc(Cl)c2)c(C)c1NC(=O)c1ccco1. The molecule has 23 heavy (non-hydrogen) atoms. The van der Waals surface area contributed by atoms with Crippen molar-refractivity contribution in [1.29, 1.82) is 0 Å². The predicted molar refractivity (Wildman–Crippen MR) is 88.9 cm³/mol. The maximum absolute atomic E-state index is 12.1. The number of carbonyl (C=O) groups excluding carboxylic acids is 1. The first-order valence-electron chi connectivity index (χ1n) is 7.18. The van der Waals surface area contributed by atoms with E-state index >= 15 is 0 Å². The zero-order valence-corrected chi connectivity index (χ0v) is 13.6. The second-order valence-corrected chi connectivity index (χ2v) is 5.70. The Morgan fingerprint density at radius 3 is 2.83 bits per heavy atom. The number of hydrogen-bond acceptors (Lipinski definition) is 3. The Balaban J connectivity index is 1.83. The normalized spacial score (nSPS) is 10.7. The maximum Gasteiger partial charge on any atom is 0.291 e. The number of aryl methyl sites for hydroxylation is 1. The van der Waals surface area contributed by atoms with Gasteiger partial charge < -0.3 is 9.73 Å². The third-order valence-electron chi connectivity index (χ3n) is 3.59. The number of carbonyl (C=O) groups is 1. The molecule has 0 aliphatic rings. The highest BCUT2D eigenvalue weighted by Crippen LogP contribution is 2.22. The fourth-order valence-electron chi connectivity index (χ4n) is 2.42. The Hall–Kier alpha value is -2.53. The number of nitrogens with one attached hydrogen (secondary N) is 1. The highest BCUT2D eigenvalue weighted by molar-refractivity contribution is 6.30. The Bertz CT molecular complexity index is 838. The molecule has 5 nitrogen and oxygen atoms in total. The van der Waals surface area contributed by atoms with E-state index in [2.05, 4.69) is 10.4 Å². The van der Waals surface area contributed by atoms with E-state index in [1.54, 1.807) is 12.1 Å². The largest absolute Gasteiger partial charge is 0.459 e. The Labute approximate surface area is 138 Å². The fraction of sp³-hybridized carbons (Fsp3) is 0.176. The van der Waals surface area contributed by atoms with Gasteiger partial charge in [0.1, 0.15) is 0 Å². The van der Waals surface area contributed by atoms with Crippen LogP contribution >= 0.6 is 11.6 Å². The Kier molecular flexibility index (Phi) is 4.21. The van der Waals surface area contributed by atoms with Crippen LogP contribution in [-0.2, 0) is 6.54 Å². The molecular formula is C17H16ClN3O2. The summed E-state index contributed by atoms with van der Waals surface area (Å²) in [5, 5.41) is 8.04. The van der Waals surface area contributed by atoms with Crippen LogP contribution < -0.4 is 5.32 Å². The van der Waals surface area contributed by atoms with Crippen molar-refractivity contribution in [2.24, 2.45) is 0 Å². The quantitative estimate of drug-likeness (QED) is 0.785. The monoisotopic (exact) mass is 329 g/mol. The minimum absolute atomic E-state index is 0.270. The number of nitrogens with zero attached hydrogens (tertiary/aromatic N) is 2. The van der Waals surface area contributed by atoms with Crippen molar-refractivity contribution in [2.45, 2.75) is 20.4 Å². The summed E-state index contributed by atoms with van der Waals surface area (Å²) < 4.78 is 6.95. The lowest BCUT2D eigenvalue weighted by atomic mass is 10.2. The molecule has 0 unspecified atom stereocenters. The standard InChI is InChI=1S/C17H16ClN3O2/c1-11-16(19-17(22)15-7-4-8-23-15)12(2)21(20-11)10-13-5-3-6-14(18)9-13/h3-9H,10H2,1-2H3,(H,19,22). The third-order valence-corrected chi connectivity index (χ3v) is 3.82. The lowest BCUT2D eigenvalue weighted by molar-refractivity contribution is 0.0996. The van der Waals surface area contributed by atoms with Crippen LogP contribution in [0.3, 0.4) is 0 Å². The summed E-state index contributed by atoms with van der Waals surface area (Å²) in [5.41, 5.74) is 3.38. The van der Waals surface area contributed by atoms with Gasteiger partial charge in [-0.25, -0.2) is 0 Å². The van der Waals surface area contributed by atoms with Gasteiger partial charge in [0, 0.05) is 5.02 Å². The van der Waals surface area contributed by atoms with Gasteiger partial charge in [-0.05, 0) is 43.7 Å². The first kappa shape index (κ1) is 15.4. The van der Waals surface area contributed by atoms with E-state index in [-0.39, 0.29) is 11.7 Å². The maximum atomic E-state index is 12.1. The molecule has 0 saturated heterocycles. The van der Waals surface area contributed by atoms with Crippen LogP contribution in [0.15, 0.2) is 47.1 Å². The van der Waals surface area contributed by atoms with Crippen LogP contribution in [0.25, 0.3) is 0 Å². The average molecular weight is 330 g/mol. The molecule has 0 atom stereocenters. The van der Waals surface area contributed by atoms with Crippen molar-refractivity contribution in [1.82, 2.24) is 9.78 Å². The number of rotatable bonds is 4. The molecule has 0 bridgehead atoms. The molecule has 2 heterocycles. The van der Waals surface area contributed by atoms with E-state index in [0.29, 0.717) is 17.3 Å². The van der Waals surface area contributed by atoms with Crippen molar-refractivity contribution in [3.05, 3.63) is 70.4 Å². The second kappa shape index (κ2) is 6.30. The second-order valence-electron chi connectivity index (χ2n) is 5.26. The van der Waals surface area contributed by atoms with Gasteiger partial charge in [-0.3, -0.25) is 9.48 Å². The summed E-state index contributed by atoms with van der Waals surface area (Å²) in [5.74, 6) is -0.0186. The summed E-state index contributed by atoms with van der Waals surface area (Å²) in [6, 6.07) is 10.9. The molecule has 3 rings (SSSR count). The number of aromatic nitrogens is 2. The molecule has 0 fully saturated rings. The van der Waals surface area contributed by atoms with Gasteiger partial charge in [-0.2, -0.15) is 5.10 Å². The first-order chi connectivity index (χ1) is 11.0. The van der Waals surface area contributed by atoms with Crippen molar-refractivity contribution in [3.8, 4) is 0 Å². The first-order valence-corrected chi connectivity index (χ1v) is 7.55. The molecule has 1 aromatic carbocycles. The van der Waals surface area contributed by atoms with Gasteiger partial charge in [-0.1, -0.05) is 23.7 Å². The zero-order chi connectivity index (χ0) is 16.4. The van der Waals surface area contributed by atoms with Crippen molar-refractivity contribution < 1.29 is 9.21 Å². The fourth-order valence-corrected chi connectivity index (χ4v) is 2.64. The van der Waals surface area contributed by atoms with Crippen molar-refractivity contribution in [3.63, 3.8) is 0 Å². The molecule has 6 heteroatoms. The number of anilines is 1. The van der Waals surface area contributed by atoms with E-state index in [1.807, 2.05) is 42.8 Å². The van der Waals surface area contributed by atoms with E-state index < -0.39 is 0 Å². The molecule has 2 aromatic heterocycles. The number of halogens is 1. The summed E-state index contributed by atoms with van der Waals surface area (Å²) in [6.07, 6.45) is 1.47. The highest BCUT2D eigenvalue weighted by atomic mass is 35.5. The molecule has 1 amide bonds. The number of furan rings is 1. The van der Waals surface area contributed by atoms with E-state index in [4.69, 9.17) is 16.0 Å². The molecule has 0 saturated carbocycles. The van der Waals surface area contributed by atoms with Crippen LogP contribution in [-0.4, -0.2) is 15.7 Å². The van der Waals surface area contributed by atoms with E-state index in [1.165, 1.54) is 6.26 Å². The topological polar surface area (TPSA) is 60.1 Å². The molecular weight excluding hydrogens is 314 g/mol. The Morgan fingerprint density at radius 2 is 2.13 bits per heavy atom. The molecule has 0 aliphatic heterocycles. The van der Waals surface area contributed by atoms with Crippen LogP contribution in [0.1, 0.15) is 27.5 Å². The lowest BCUT2D eigenvalue weighted by Gasteiger charge is -2.07. The molecule has 0 aliphatic carbocycles.